The Kier molecular flexibility index (Phi) is 2.13. The second-order valence-electron chi connectivity index (χ2n) is 3.40. The van der Waals surface area contributed by atoms with E-state index in [1.807, 2.05) is 0 Å². The normalized spacial score (nSPS) is 15.1. The maximum Gasteiger partial charge on any atom is 0.142 e. The lowest BCUT2D eigenvalue weighted by molar-refractivity contribution is 0.308. The van der Waals surface area contributed by atoms with E-state index in [2.05, 4.69) is 36.9 Å². The van der Waals surface area contributed by atoms with E-state index in [4.69, 9.17) is 4.74 Å². The molecule has 1 heterocycles. The third-order valence-electron chi connectivity index (χ3n) is 2.46. The van der Waals surface area contributed by atoms with Crippen LogP contribution in [0.15, 0.2) is 18.2 Å². The number of rotatable bonds is 1. The predicted octanol–water partition coefficient (Wildman–Crippen LogP) is 2.21. The summed E-state index contributed by atoms with van der Waals surface area (Å²) in [5, 5.41) is 0. The van der Waals surface area contributed by atoms with Crippen LogP contribution in [-0.4, -0.2) is 19.7 Å². The summed E-state index contributed by atoms with van der Waals surface area (Å²) in [7, 11) is 0. The van der Waals surface area contributed by atoms with E-state index in [0.29, 0.717) is 0 Å². The Labute approximate surface area is 79.1 Å². The molecular formula is C11H15NO. The molecule has 0 aromatic heterocycles. The van der Waals surface area contributed by atoms with E-state index in [1.165, 1.54) is 11.3 Å². The molecule has 0 spiro atoms. The van der Waals surface area contributed by atoms with Crippen LogP contribution in [0.25, 0.3) is 0 Å². The third-order valence-corrected chi connectivity index (χ3v) is 2.46. The van der Waals surface area contributed by atoms with E-state index >= 15 is 0 Å². The molecule has 2 heteroatoms. The fourth-order valence-electron chi connectivity index (χ4n) is 1.71. The fraction of sp³-hybridized carbons (Fsp3) is 0.455. The van der Waals surface area contributed by atoms with Gasteiger partial charge < -0.3 is 9.64 Å². The average molecular weight is 177 g/mol. The number of fused-ring (bicyclic) bond motifs is 1. The van der Waals surface area contributed by atoms with Gasteiger partial charge in [0, 0.05) is 6.54 Å². The lowest BCUT2D eigenvalue weighted by atomic mass is 10.1. The Hall–Kier alpha value is -1.18. The molecule has 70 valence electrons. The van der Waals surface area contributed by atoms with Crippen molar-refractivity contribution in [1.29, 1.82) is 0 Å². The van der Waals surface area contributed by atoms with Gasteiger partial charge in [-0.3, -0.25) is 0 Å². The van der Waals surface area contributed by atoms with Crippen LogP contribution in [0.3, 0.4) is 0 Å². The summed E-state index contributed by atoms with van der Waals surface area (Å²) in [5.41, 5.74) is 2.54. The number of hydrogen-bond donors (Lipinski definition) is 0. The van der Waals surface area contributed by atoms with Gasteiger partial charge in [-0.2, -0.15) is 0 Å². The smallest absolute Gasteiger partial charge is 0.142 e. The second-order valence-corrected chi connectivity index (χ2v) is 3.40. The monoisotopic (exact) mass is 177 g/mol. The Morgan fingerprint density at radius 1 is 1.46 bits per heavy atom. The van der Waals surface area contributed by atoms with Crippen LogP contribution in [-0.2, 0) is 0 Å². The van der Waals surface area contributed by atoms with Crippen molar-refractivity contribution in [3.63, 3.8) is 0 Å². The SMILES string of the molecule is CCN1CCOc2ccc(C)cc21. The van der Waals surface area contributed by atoms with E-state index in [9.17, 15) is 0 Å². The number of aryl methyl sites for hydroxylation is 1. The zero-order chi connectivity index (χ0) is 9.26. The first-order chi connectivity index (χ1) is 6.31. The Balaban J connectivity index is 2.41. The van der Waals surface area contributed by atoms with Crippen molar-refractivity contribution in [1.82, 2.24) is 0 Å². The van der Waals surface area contributed by atoms with Gasteiger partial charge in [-0.1, -0.05) is 6.07 Å². The van der Waals surface area contributed by atoms with Gasteiger partial charge in [0.25, 0.3) is 0 Å². The minimum absolute atomic E-state index is 0.809. The van der Waals surface area contributed by atoms with Crippen molar-refractivity contribution in [2.24, 2.45) is 0 Å². The topological polar surface area (TPSA) is 12.5 Å². The molecule has 0 saturated heterocycles. The van der Waals surface area contributed by atoms with Gasteiger partial charge >= 0.3 is 0 Å². The van der Waals surface area contributed by atoms with Crippen LogP contribution in [0.2, 0.25) is 0 Å². The first-order valence-corrected chi connectivity index (χ1v) is 4.79. The average Bonchev–Trinajstić information content (AvgIpc) is 2.17. The number of anilines is 1. The molecule has 2 nitrogen and oxygen atoms in total. The van der Waals surface area contributed by atoms with E-state index in [0.717, 1.165) is 25.4 Å². The van der Waals surface area contributed by atoms with Crippen LogP contribution in [0.4, 0.5) is 5.69 Å². The van der Waals surface area contributed by atoms with Crippen molar-refractivity contribution in [3.8, 4) is 5.75 Å². The molecule has 0 amide bonds. The van der Waals surface area contributed by atoms with Gasteiger partial charge in [0.2, 0.25) is 0 Å². The number of benzene rings is 1. The summed E-state index contributed by atoms with van der Waals surface area (Å²) in [6.07, 6.45) is 0. The molecule has 0 bridgehead atoms. The molecule has 1 aromatic carbocycles. The van der Waals surface area contributed by atoms with Crippen LogP contribution in [0.1, 0.15) is 12.5 Å². The van der Waals surface area contributed by atoms with Crippen molar-refractivity contribution in [3.05, 3.63) is 23.8 Å². The minimum atomic E-state index is 0.809. The molecule has 1 aromatic rings. The third kappa shape index (κ3) is 1.48. The second kappa shape index (κ2) is 3.29. The van der Waals surface area contributed by atoms with Crippen molar-refractivity contribution >= 4 is 5.69 Å². The lowest BCUT2D eigenvalue weighted by Gasteiger charge is -2.30. The molecule has 0 radical (unpaired) electrons. The molecule has 1 aliphatic heterocycles. The number of hydrogen-bond acceptors (Lipinski definition) is 2. The minimum Gasteiger partial charge on any atom is -0.490 e. The van der Waals surface area contributed by atoms with Crippen LogP contribution < -0.4 is 9.64 Å². The Bertz CT molecular complexity index is 309. The summed E-state index contributed by atoms with van der Waals surface area (Å²) in [6, 6.07) is 6.35. The summed E-state index contributed by atoms with van der Waals surface area (Å²) in [4.78, 5) is 2.35. The van der Waals surface area contributed by atoms with Crippen molar-refractivity contribution < 1.29 is 4.74 Å². The maximum absolute atomic E-state index is 5.57. The molecule has 0 unspecified atom stereocenters. The summed E-state index contributed by atoms with van der Waals surface area (Å²) < 4.78 is 5.57. The molecule has 0 saturated carbocycles. The highest BCUT2D eigenvalue weighted by molar-refractivity contribution is 5.61. The van der Waals surface area contributed by atoms with Gasteiger partial charge in [-0.25, -0.2) is 0 Å². The highest BCUT2D eigenvalue weighted by atomic mass is 16.5. The fourth-order valence-corrected chi connectivity index (χ4v) is 1.71. The maximum atomic E-state index is 5.57. The van der Waals surface area contributed by atoms with Crippen molar-refractivity contribution in [2.45, 2.75) is 13.8 Å². The van der Waals surface area contributed by atoms with Gasteiger partial charge in [-0.05, 0) is 31.5 Å². The van der Waals surface area contributed by atoms with Gasteiger partial charge in [0.05, 0.1) is 12.2 Å². The van der Waals surface area contributed by atoms with Gasteiger partial charge in [0.1, 0.15) is 12.4 Å². The number of likely N-dealkylation sites (N-methyl/N-ethyl adjacent to an activating group) is 1. The van der Waals surface area contributed by atoms with Crippen LogP contribution >= 0.6 is 0 Å². The standard InChI is InChI=1S/C11H15NO/c1-3-12-6-7-13-11-5-4-9(2)8-10(11)12/h4-5,8H,3,6-7H2,1-2H3. The van der Waals surface area contributed by atoms with Gasteiger partial charge in [-0.15, -0.1) is 0 Å². The molecular weight excluding hydrogens is 162 g/mol. The summed E-state index contributed by atoms with van der Waals surface area (Å²) in [6.45, 7) is 7.16. The summed E-state index contributed by atoms with van der Waals surface area (Å²) >= 11 is 0. The van der Waals surface area contributed by atoms with Crippen molar-refractivity contribution in [2.75, 3.05) is 24.6 Å². The molecule has 1 aliphatic rings. The largest absolute Gasteiger partial charge is 0.490 e. The van der Waals surface area contributed by atoms with Crippen LogP contribution in [0.5, 0.6) is 5.75 Å². The molecule has 0 fully saturated rings. The van der Waals surface area contributed by atoms with E-state index in [-0.39, 0.29) is 0 Å². The highest BCUT2D eigenvalue weighted by Gasteiger charge is 2.15. The molecule has 0 atom stereocenters. The molecule has 2 rings (SSSR count). The Morgan fingerprint density at radius 2 is 2.31 bits per heavy atom. The zero-order valence-electron chi connectivity index (χ0n) is 8.21. The molecule has 0 aliphatic carbocycles. The van der Waals surface area contributed by atoms with Gasteiger partial charge in [0.15, 0.2) is 0 Å². The first kappa shape index (κ1) is 8.42. The first-order valence-electron chi connectivity index (χ1n) is 4.79. The van der Waals surface area contributed by atoms with E-state index < -0.39 is 0 Å². The lowest BCUT2D eigenvalue weighted by Crippen LogP contribution is -2.32. The predicted molar refractivity (Wildman–Crippen MR) is 54.6 cm³/mol. The quantitative estimate of drug-likeness (QED) is 0.652. The van der Waals surface area contributed by atoms with E-state index in [1.54, 1.807) is 0 Å². The zero-order valence-corrected chi connectivity index (χ0v) is 8.21. The molecule has 13 heavy (non-hydrogen) atoms. The summed E-state index contributed by atoms with van der Waals surface area (Å²) in [5.74, 6) is 1.03. The molecule has 0 N–H and O–H groups in total. The Morgan fingerprint density at radius 3 is 3.08 bits per heavy atom. The van der Waals surface area contributed by atoms with Crippen LogP contribution in [0, 0.1) is 6.92 Å². The number of nitrogens with zero attached hydrogens (tertiary/aromatic N) is 1. The highest BCUT2D eigenvalue weighted by Crippen LogP contribution is 2.31. The number of ether oxygens (including phenoxy) is 1.